The molecule has 94 valence electrons. The lowest BCUT2D eigenvalue weighted by molar-refractivity contribution is 0.0915. The average molecular weight is 256 g/mol. The zero-order valence-corrected chi connectivity index (χ0v) is 10.8. The third-order valence-electron chi connectivity index (χ3n) is 2.50. The molecule has 0 radical (unpaired) electrons. The highest BCUT2D eigenvalue weighted by Crippen LogP contribution is 2.15. The van der Waals surface area contributed by atoms with Crippen molar-refractivity contribution in [3.63, 3.8) is 0 Å². The minimum absolute atomic E-state index is 0.00231. The quantitative estimate of drug-likeness (QED) is 0.760. The lowest BCUT2D eigenvalue weighted by Crippen LogP contribution is -2.33. The number of nitrogens with zero attached hydrogens (tertiary/aromatic N) is 1. The molecule has 0 aromatic heterocycles. The maximum atomic E-state index is 12.0. The zero-order chi connectivity index (χ0) is 12.7. The molecule has 4 heteroatoms. The topological polar surface area (TPSA) is 40.5 Å². The van der Waals surface area contributed by atoms with E-state index in [0.717, 1.165) is 13.0 Å². The van der Waals surface area contributed by atoms with Gasteiger partial charge in [-0.3, -0.25) is 9.69 Å². The standard InChI is InChI=1S/C13H18ClNO2/c1-2-7-15(8-9-16)10-13(17)11-5-3-4-6-12(11)14/h3-6,16H,2,7-10H2,1H3. The molecular formula is C13H18ClNO2. The van der Waals surface area contributed by atoms with Gasteiger partial charge >= 0.3 is 0 Å². The smallest absolute Gasteiger partial charge is 0.178 e. The van der Waals surface area contributed by atoms with Crippen LogP contribution in [0, 0.1) is 0 Å². The van der Waals surface area contributed by atoms with E-state index in [1.807, 2.05) is 11.8 Å². The molecule has 17 heavy (non-hydrogen) atoms. The summed E-state index contributed by atoms with van der Waals surface area (Å²) in [6, 6.07) is 7.05. The van der Waals surface area contributed by atoms with E-state index in [9.17, 15) is 4.79 Å². The van der Waals surface area contributed by atoms with Crippen molar-refractivity contribution in [1.29, 1.82) is 0 Å². The molecule has 0 spiro atoms. The molecule has 0 unspecified atom stereocenters. The van der Waals surface area contributed by atoms with Gasteiger partial charge in [-0.25, -0.2) is 0 Å². The number of benzene rings is 1. The van der Waals surface area contributed by atoms with Crippen LogP contribution < -0.4 is 0 Å². The van der Waals surface area contributed by atoms with Crippen LogP contribution in [0.3, 0.4) is 0 Å². The summed E-state index contributed by atoms with van der Waals surface area (Å²) in [7, 11) is 0. The normalized spacial score (nSPS) is 10.8. The zero-order valence-electron chi connectivity index (χ0n) is 10.0. The van der Waals surface area contributed by atoms with E-state index >= 15 is 0 Å². The Morgan fingerprint density at radius 3 is 2.65 bits per heavy atom. The summed E-state index contributed by atoms with van der Waals surface area (Å²) in [4.78, 5) is 14.0. The van der Waals surface area contributed by atoms with Crippen molar-refractivity contribution in [2.75, 3.05) is 26.2 Å². The fraction of sp³-hybridized carbons (Fsp3) is 0.462. The Labute approximate surface area is 107 Å². The summed E-state index contributed by atoms with van der Waals surface area (Å²) >= 11 is 5.97. The molecule has 0 amide bonds. The van der Waals surface area contributed by atoms with Crippen LogP contribution in [0.25, 0.3) is 0 Å². The molecule has 0 aliphatic heterocycles. The number of aliphatic hydroxyl groups excluding tert-OH is 1. The van der Waals surface area contributed by atoms with Gasteiger partial charge in [0.25, 0.3) is 0 Å². The van der Waals surface area contributed by atoms with Gasteiger partial charge in [0, 0.05) is 12.1 Å². The second-order valence-corrected chi connectivity index (χ2v) is 4.31. The van der Waals surface area contributed by atoms with Crippen LogP contribution in [0.15, 0.2) is 24.3 Å². The molecule has 0 aliphatic rings. The summed E-state index contributed by atoms with van der Waals surface area (Å²) in [6.45, 7) is 3.74. The Balaban J connectivity index is 2.67. The first-order chi connectivity index (χ1) is 8.19. The van der Waals surface area contributed by atoms with Crippen molar-refractivity contribution >= 4 is 17.4 Å². The van der Waals surface area contributed by atoms with Crippen LogP contribution in [0.5, 0.6) is 0 Å². The number of rotatable bonds is 7. The molecule has 0 bridgehead atoms. The van der Waals surface area contributed by atoms with Crippen molar-refractivity contribution in [3.05, 3.63) is 34.9 Å². The van der Waals surface area contributed by atoms with E-state index in [2.05, 4.69) is 0 Å². The van der Waals surface area contributed by atoms with E-state index in [1.165, 1.54) is 0 Å². The molecule has 1 rings (SSSR count). The van der Waals surface area contributed by atoms with Gasteiger partial charge in [0.05, 0.1) is 18.2 Å². The maximum absolute atomic E-state index is 12.0. The Hall–Kier alpha value is -0.900. The maximum Gasteiger partial charge on any atom is 0.178 e. The van der Waals surface area contributed by atoms with Crippen molar-refractivity contribution in [3.8, 4) is 0 Å². The van der Waals surface area contributed by atoms with Crippen molar-refractivity contribution in [2.45, 2.75) is 13.3 Å². The predicted octanol–water partition coefficient (Wildman–Crippen LogP) is 2.23. The van der Waals surface area contributed by atoms with Gasteiger partial charge in [-0.15, -0.1) is 0 Å². The monoisotopic (exact) mass is 255 g/mol. The molecule has 1 aromatic rings. The third kappa shape index (κ3) is 4.46. The molecule has 1 aromatic carbocycles. The van der Waals surface area contributed by atoms with E-state index < -0.39 is 0 Å². The second-order valence-electron chi connectivity index (χ2n) is 3.90. The number of hydrogen-bond acceptors (Lipinski definition) is 3. The van der Waals surface area contributed by atoms with Gasteiger partial charge < -0.3 is 5.11 Å². The first kappa shape index (κ1) is 14.2. The van der Waals surface area contributed by atoms with Crippen LogP contribution in [-0.2, 0) is 0 Å². The molecule has 3 nitrogen and oxygen atoms in total. The van der Waals surface area contributed by atoms with Gasteiger partial charge in [-0.2, -0.15) is 0 Å². The predicted molar refractivity (Wildman–Crippen MR) is 69.6 cm³/mol. The highest BCUT2D eigenvalue weighted by Gasteiger charge is 2.13. The first-order valence-electron chi connectivity index (χ1n) is 5.80. The van der Waals surface area contributed by atoms with Crippen molar-refractivity contribution in [2.24, 2.45) is 0 Å². The fourth-order valence-corrected chi connectivity index (χ4v) is 1.94. The Kier molecular flexibility index (Phi) is 6.19. The molecular weight excluding hydrogens is 238 g/mol. The van der Waals surface area contributed by atoms with Crippen LogP contribution in [-0.4, -0.2) is 42.0 Å². The summed E-state index contributed by atoms with van der Waals surface area (Å²) in [5.74, 6) is -0.00231. The van der Waals surface area contributed by atoms with E-state index in [4.69, 9.17) is 16.7 Å². The van der Waals surface area contributed by atoms with E-state index in [-0.39, 0.29) is 12.4 Å². The van der Waals surface area contributed by atoms with Crippen molar-refractivity contribution in [1.82, 2.24) is 4.90 Å². The van der Waals surface area contributed by atoms with Crippen LogP contribution in [0.2, 0.25) is 5.02 Å². The van der Waals surface area contributed by atoms with Gasteiger partial charge in [0.1, 0.15) is 0 Å². The molecule has 0 heterocycles. The number of hydrogen-bond donors (Lipinski definition) is 1. The Bertz CT molecular complexity index is 362. The highest BCUT2D eigenvalue weighted by molar-refractivity contribution is 6.34. The summed E-state index contributed by atoms with van der Waals surface area (Å²) in [5, 5.41) is 9.41. The second kappa shape index (κ2) is 7.43. The number of carbonyl (C=O) groups is 1. The van der Waals surface area contributed by atoms with Crippen LogP contribution in [0.4, 0.5) is 0 Å². The molecule has 1 N–H and O–H groups in total. The minimum Gasteiger partial charge on any atom is -0.395 e. The minimum atomic E-state index is -0.00231. The fourth-order valence-electron chi connectivity index (χ4n) is 1.70. The number of halogens is 1. The molecule has 0 atom stereocenters. The van der Waals surface area contributed by atoms with Crippen LogP contribution >= 0.6 is 11.6 Å². The number of carbonyl (C=O) groups excluding carboxylic acids is 1. The van der Waals surface area contributed by atoms with Gasteiger partial charge in [0.2, 0.25) is 0 Å². The van der Waals surface area contributed by atoms with Gasteiger partial charge in [-0.05, 0) is 25.1 Å². The van der Waals surface area contributed by atoms with E-state index in [0.29, 0.717) is 23.7 Å². The Morgan fingerprint density at radius 2 is 2.06 bits per heavy atom. The Morgan fingerprint density at radius 1 is 1.35 bits per heavy atom. The van der Waals surface area contributed by atoms with Crippen molar-refractivity contribution < 1.29 is 9.90 Å². The summed E-state index contributed by atoms with van der Waals surface area (Å²) in [5.41, 5.74) is 0.549. The summed E-state index contributed by atoms with van der Waals surface area (Å²) in [6.07, 6.45) is 0.954. The first-order valence-corrected chi connectivity index (χ1v) is 6.17. The molecule has 0 saturated carbocycles. The number of Topliss-reactive ketones (excluding diaryl/α,β-unsaturated/α-hetero) is 1. The number of ketones is 1. The third-order valence-corrected chi connectivity index (χ3v) is 2.83. The van der Waals surface area contributed by atoms with Gasteiger partial charge in [-0.1, -0.05) is 30.7 Å². The lowest BCUT2D eigenvalue weighted by Gasteiger charge is -2.19. The number of aliphatic hydroxyl groups is 1. The lowest BCUT2D eigenvalue weighted by atomic mass is 10.1. The molecule has 0 aliphatic carbocycles. The highest BCUT2D eigenvalue weighted by atomic mass is 35.5. The average Bonchev–Trinajstić information content (AvgIpc) is 2.30. The summed E-state index contributed by atoms with van der Waals surface area (Å²) < 4.78 is 0. The largest absolute Gasteiger partial charge is 0.395 e. The SMILES string of the molecule is CCCN(CCO)CC(=O)c1ccccc1Cl. The molecule has 0 saturated heterocycles. The van der Waals surface area contributed by atoms with E-state index in [1.54, 1.807) is 24.3 Å². The molecule has 0 fully saturated rings. The van der Waals surface area contributed by atoms with Gasteiger partial charge in [0.15, 0.2) is 5.78 Å². The van der Waals surface area contributed by atoms with Crippen LogP contribution in [0.1, 0.15) is 23.7 Å².